The molecule has 11 aromatic rings. The highest BCUT2D eigenvalue weighted by atomic mass is 15.0. The summed E-state index contributed by atoms with van der Waals surface area (Å²) in [5.74, 6) is 0. The van der Waals surface area contributed by atoms with Crippen molar-refractivity contribution in [1.82, 2.24) is 9.13 Å². The lowest BCUT2D eigenvalue weighted by molar-refractivity contribution is 0.591. The third kappa shape index (κ3) is 6.67. The average Bonchev–Trinajstić information content (AvgIpc) is 3.81. The molecule has 9 aromatic carbocycles. The first-order valence-corrected chi connectivity index (χ1v) is 24.0. The van der Waals surface area contributed by atoms with Crippen molar-refractivity contribution in [3.63, 3.8) is 0 Å². The van der Waals surface area contributed by atoms with Gasteiger partial charge in [-0.15, -0.1) is 0 Å². The zero-order valence-electron chi connectivity index (χ0n) is 40.3. The maximum absolute atomic E-state index is 2.46. The van der Waals surface area contributed by atoms with Crippen LogP contribution in [0, 0.1) is 13.8 Å². The van der Waals surface area contributed by atoms with Crippen LogP contribution < -0.4 is 0 Å². The SMILES string of the molecule is CCn1c2ccc(-c3ccc(-c4c5ccccc5c(-c5ccc(-c6ccc7c(c6)c6cc(C(C)(C)C)ccc6n7CC)cc5)c5cc(C)c(C)cc45)cc3)cc2c2cc(C(C)(C)C)ccc21. The monoisotopic (exact) mass is 856 g/mol. The summed E-state index contributed by atoms with van der Waals surface area (Å²) in [7, 11) is 0. The molecular formula is C64H60N2. The van der Waals surface area contributed by atoms with Crippen LogP contribution in [0.4, 0.5) is 0 Å². The number of rotatable bonds is 6. The van der Waals surface area contributed by atoms with Crippen molar-refractivity contribution in [1.29, 1.82) is 0 Å². The van der Waals surface area contributed by atoms with Crippen LogP contribution in [-0.4, -0.2) is 9.13 Å². The molecule has 11 rings (SSSR count). The summed E-state index contributed by atoms with van der Waals surface area (Å²) in [6, 6.07) is 60.7. The van der Waals surface area contributed by atoms with Crippen molar-refractivity contribution in [2.24, 2.45) is 0 Å². The second-order valence-corrected chi connectivity index (χ2v) is 20.8. The summed E-state index contributed by atoms with van der Waals surface area (Å²) in [6.07, 6.45) is 0. The topological polar surface area (TPSA) is 9.86 Å². The van der Waals surface area contributed by atoms with Crippen molar-refractivity contribution < 1.29 is 0 Å². The summed E-state index contributed by atoms with van der Waals surface area (Å²) in [6.45, 7) is 24.7. The molecule has 0 unspecified atom stereocenters. The molecule has 0 saturated heterocycles. The van der Waals surface area contributed by atoms with E-state index >= 15 is 0 Å². The van der Waals surface area contributed by atoms with Crippen molar-refractivity contribution in [3.8, 4) is 44.5 Å². The Kier molecular flexibility index (Phi) is 9.72. The van der Waals surface area contributed by atoms with Crippen LogP contribution in [0.15, 0.2) is 158 Å². The minimum atomic E-state index is 0.0859. The second kappa shape index (κ2) is 15.3. The highest BCUT2D eigenvalue weighted by Crippen LogP contribution is 2.46. The Morgan fingerprint density at radius 3 is 0.985 bits per heavy atom. The summed E-state index contributed by atoms with van der Waals surface area (Å²) < 4.78 is 4.91. The number of fused-ring (bicyclic) bond motifs is 8. The fourth-order valence-electron chi connectivity index (χ4n) is 10.9. The van der Waals surface area contributed by atoms with Crippen LogP contribution in [-0.2, 0) is 23.9 Å². The third-order valence-electron chi connectivity index (χ3n) is 14.7. The first kappa shape index (κ1) is 41.8. The number of aromatic nitrogens is 2. The summed E-state index contributed by atoms with van der Waals surface area (Å²) in [4.78, 5) is 0. The van der Waals surface area contributed by atoms with E-state index in [2.05, 4.69) is 236 Å². The number of nitrogens with zero attached hydrogens (tertiary/aromatic N) is 2. The molecule has 0 atom stereocenters. The second-order valence-electron chi connectivity index (χ2n) is 20.8. The van der Waals surface area contributed by atoms with E-state index in [0.717, 1.165) is 13.1 Å². The van der Waals surface area contributed by atoms with Gasteiger partial charge in [0.05, 0.1) is 0 Å². The Balaban J connectivity index is 1.01. The molecule has 2 nitrogen and oxygen atoms in total. The van der Waals surface area contributed by atoms with E-state index in [1.54, 1.807) is 0 Å². The predicted octanol–water partition coefficient (Wildman–Crippen LogP) is 18.1. The zero-order valence-corrected chi connectivity index (χ0v) is 40.3. The normalized spacial score (nSPS) is 12.5. The van der Waals surface area contributed by atoms with Crippen LogP contribution in [0.5, 0.6) is 0 Å². The first-order chi connectivity index (χ1) is 31.7. The van der Waals surface area contributed by atoms with E-state index in [4.69, 9.17) is 0 Å². The zero-order chi connectivity index (χ0) is 45.8. The van der Waals surface area contributed by atoms with Gasteiger partial charge >= 0.3 is 0 Å². The van der Waals surface area contributed by atoms with Crippen LogP contribution in [0.25, 0.3) is 110 Å². The maximum atomic E-state index is 2.46. The number of hydrogen-bond acceptors (Lipinski definition) is 0. The lowest BCUT2D eigenvalue weighted by atomic mass is 9.84. The van der Waals surface area contributed by atoms with Gasteiger partial charge < -0.3 is 9.13 Å². The molecule has 0 amide bonds. The van der Waals surface area contributed by atoms with E-state index in [1.165, 1.54) is 132 Å². The van der Waals surface area contributed by atoms with Crippen LogP contribution >= 0.6 is 0 Å². The van der Waals surface area contributed by atoms with Crippen molar-refractivity contribution in [2.45, 2.75) is 93.2 Å². The van der Waals surface area contributed by atoms with E-state index in [-0.39, 0.29) is 10.8 Å². The van der Waals surface area contributed by atoms with Crippen molar-refractivity contribution in [3.05, 3.63) is 180 Å². The van der Waals surface area contributed by atoms with E-state index in [0.29, 0.717) is 0 Å². The van der Waals surface area contributed by atoms with E-state index in [1.807, 2.05) is 0 Å². The highest BCUT2D eigenvalue weighted by molar-refractivity contribution is 6.22. The average molecular weight is 857 g/mol. The van der Waals surface area contributed by atoms with Gasteiger partial charge in [-0.25, -0.2) is 0 Å². The molecule has 0 aliphatic heterocycles. The molecule has 326 valence electrons. The summed E-state index contributed by atoms with van der Waals surface area (Å²) in [5.41, 5.74) is 20.7. The van der Waals surface area contributed by atoms with Gasteiger partial charge in [0.15, 0.2) is 0 Å². The minimum Gasteiger partial charge on any atom is -0.341 e. The molecule has 0 spiro atoms. The Hall–Kier alpha value is -6.90. The predicted molar refractivity (Wildman–Crippen MR) is 287 cm³/mol. The maximum Gasteiger partial charge on any atom is 0.0491 e. The molecule has 66 heavy (non-hydrogen) atoms. The van der Waals surface area contributed by atoms with E-state index in [9.17, 15) is 0 Å². The lowest BCUT2D eigenvalue weighted by Crippen LogP contribution is -2.10. The lowest BCUT2D eigenvalue weighted by Gasteiger charge is -2.19. The van der Waals surface area contributed by atoms with Gasteiger partial charge in [-0.05, 0) is 175 Å². The largest absolute Gasteiger partial charge is 0.341 e. The van der Waals surface area contributed by atoms with Gasteiger partial charge in [-0.2, -0.15) is 0 Å². The Labute approximate surface area is 390 Å². The summed E-state index contributed by atoms with van der Waals surface area (Å²) in [5, 5.41) is 10.4. The fourth-order valence-corrected chi connectivity index (χ4v) is 10.9. The standard InChI is InChI=1S/C64H60N2/c1-11-65-57-29-25-45(35-51(57)53-37-47(63(5,6)7)27-31-59(53)65)41-17-21-43(22-18-41)61-49-15-13-14-16-50(49)62(56-34-40(4)39(3)33-55(56)61)44-23-19-42(20-24-44)46-26-30-58-52(36-46)54-38-48(64(8,9)10)28-32-60(54)66(58)12-2/h13-38H,11-12H2,1-10H3. The number of hydrogen-bond donors (Lipinski definition) is 0. The Morgan fingerprint density at radius 2 is 0.636 bits per heavy atom. The molecule has 0 bridgehead atoms. The summed E-state index contributed by atoms with van der Waals surface area (Å²) >= 11 is 0. The van der Waals surface area contributed by atoms with Crippen LogP contribution in [0.1, 0.15) is 77.6 Å². The Morgan fingerprint density at radius 1 is 0.318 bits per heavy atom. The minimum absolute atomic E-state index is 0.0859. The van der Waals surface area contributed by atoms with E-state index < -0.39 is 0 Å². The molecule has 2 aromatic heterocycles. The molecule has 0 fully saturated rings. The van der Waals surface area contributed by atoms with Gasteiger partial charge in [-0.1, -0.05) is 151 Å². The van der Waals surface area contributed by atoms with Crippen molar-refractivity contribution >= 4 is 65.2 Å². The Bertz CT molecular complexity index is 3480. The smallest absolute Gasteiger partial charge is 0.0491 e. The molecule has 0 aliphatic carbocycles. The van der Waals surface area contributed by atoms with Gasteiger partial charge in [0, 0.05) is 56.7 Å². The number of benzene rings is 9. The van der Waals surface area contributed by atoms with Gasteiger partial charge in [0.25, 0.3) is 0 Å². The first-order valence-electron chi connectivity index (χ1n) is 24.0. The molecule has 0 aliphatic rings. The van der Waals surface area contributed by atoms with Gasteiger partial charge in [0.1, 0.15) is 0 Å². The molecular weight excluding hydrogens is 797 g/mol. The quantitative estimate of drug-likeness (QED) is 0.147. The fraction of sp³-hybridized carbons (Fsp3) is 0.219. The molecule has 0 saturated carbocycles. The molecule has 2 heteroatoms. The number of aryl methyl sites for hydroxylation is 4. The highest BCUT2D eigenvalue weighted by Gasteiger charge is 2.21. The van der Waals surface area contributed by atoms with Crippen molar-refractivity contribution in [2.75, 3.05) is 0 Å². The molecule has 0 radical (unpaired) electrons. The molecule has 0 N–H and O–H groups in total. The molecule has 2 heterocycles. The van der Waals surface area contributed by atoms with Crippen LogP contribution in [0.2, 0.25) is 0 Å². The van der Waals surface area contributed by atoms with Gasteiger partial charge in [-0.3, -0.25) is 0 Å². The van der Waals surface area contributed by atoms with Crippen LogP contribution in [0.3, 0.4) is 0 Å². The third-order valence-corrected chi connectivity index (χ3v) is 14.7. The van der Waals surface area contributed by atoms with Gasteiger partial charge in [0.2, 0.25) is 0 Å².